The lowest BCUT2D eigenvalue weighted by atomic mass is 10.0. The summed E-state index contributed by atoms with van der Waals surface area (Å²) in [6.45, 7) is 2.13. The summed E-state index contributed by atoms with van der Waals surface area (Å²) in [7, 11) is 4.06. The number of benzene rings is 2. The van der Waals surface area contributed by atoms with E-state index >= 15 is 0 Å². The molecule has 0 fully saturated rings. The van der Waals surface area contributed by atoms with Crippen molar-refractivity contribution in [3.05, 3.63) is 71.9 Å². The van der Waals surface area contributed by atoms with E-state index in [2.05, 4.69) is 44.5 Å². The van der Waals surface area contributed by atoms with E-state index < -0.39 is 11.6 Å². The Morgan fingerprint density at radius 3 is 2.48 bits per heavy atom. The van der Waals surface area contributed by atoms with Crippen molar-refractivity contribution in [2.24, 2.45) is 0 Å². The smallest absolute Gasteiger partial charge is 0.190 e. The number of tetrazole rings is 1. The minimum Gasteiger partial charge on any atom is -0.383 e. The Balaban J connectivity index is 1.76. The molecule has 0 radical (unpaired) electrons. The summed E-state index contributed by atoms with van der Waals surface area (Å²) in [5, 5.41) is 11.4. The van der Waals surface area contributed by atoms with E-state index in [4.69, 9.17) is 5.73 Å². The Morgan fingerprint density at radius 2 is 1.77 bits per heavy atom. The van der Waals surface area contributed by atoms with E-state index in [-0.39, 0.29) is 23.4 Å². The standard InChI is InChI=1S/C22H21F2N7/c1-13(30(2)3)14-7-9-15(10-8-14)16-11-17(21(25)26-12-16)22-27-28-29-31(22)19-6-4-5-18(23)20(19)24/h4-13H,1-3H3,(H2,25,26). The molecule has 4 aromatic rings. The predicted octanol–water partition coefficient (Wildman–Crippen LogP) is 3.87. The summed E-state index contributed by atoms with van der Waals surface area (Å²) >= 11 is 0. The minimum absolute atomic E-state index is 0.119. The van der Waals surface area contributed by atoms with Gasteiger partial charge in [-0.1, -0.05) is 30.3 Å². The quantitative estimate of drug-likeness (QED) is 0.526. The maximum absolute atomic E-state index is 14.3. The van der Waals surface area contributed by atoms with E-state index in [1.54, 1.807) is 12.3 Å². The molecule has 4 rings (SSSR count). The van der Waals surface area contributed by atoms with Crippen molar-refractivity contribution < 1.29 is 8.78 Å². The summed E-state index contributed by atoms with van der Waals surface area (Å²) in [6.07, 6.45) is 1.65. The SMILES string of the molecule is CC(c1ccc(-c2cnc(N)c(-c3nnnn3-c3cccc(F)c3F)c2)cc1)N(C)C. The Kier molecular flexibility index (Phi) is 5.43. The van der Waals surface area contributed by atoms with E-state index in [9.17, 15) is 8.78 Å². The second kappa shape index (κ2) is 8.19. The third-order valence-electron chi connectivity index (χ3n) is 5.29. The Morgan fingerprint density at radius 1 is 1.03 bits per heavy atom. The molecular weight excluding hydrogens is 400 g/mol. The molecule has 0 saturated heterocycles. The Bertz CT molecular complexity index is 1220. The van der Waals surface area contributed by atoms with Gasteiger partial charge in [0.05, 0.1) is 5.56 Å². The molecule has 2 aromatic carbocycles. The summed E-state index contributed by atoms with van der Waals surface area (Å²) < 4.78 is 29.1. The van der Waals surface area contributed by atoms with E-state index in [0.29, 0.717) is 5.56 Å². The van der Waals surface area contributed by atoms with Gasteiger partial charge in [0.25, 0.3) is 0 Å². The first-order chi connectivity index (χ1) is 14.9. The van der Waals surface area contributed by atoms with Gasteiger partial charge in [-0.2, -0.15) is 4.68 Å². The highest BCUT2D eigenvalue weighted by molar-refractivity contribution is 5.76. The maximum Gasteiger partial charge on any atom is 0.190 e. The molecule has 0 saturated carbocycles. The molecule has 2 heterocycles. The highest BCUT2D eigenvalue weighted by atomic mass is 19.2. The second-order valence-electron chi connectivity index (χ2n) is 7.41. The molecule has 1 atom stereocenters. The number of aromatic nitrogens is 5. The number of halogens is 2. The molecule has 31 heavy (non-hydrogen) atoms. The molecule has 9 heteroatoms. The number of hydrogen-bond donors (Lipinski definition) is 1. The molecule has 0 aliphatic rings. The highest BCUT2D eigenvalue weighted by Crippen LogP contribution is 2.30. The van der Waals surface area contributed by atoms with Crippen molar-refractivity contribution in [2.75, 3.05) is 19.8 Å². The first-order valence-corrected chi connectivity index (χ1v) is 9.62. The van der Waals surface area contributed by atoms with Crippen LogP contribution < -0.4 is 5.73 Å². The third kappa shape index (κ3) is 3.87. The number of hydrogen-bond acceptors (Lipinski definition) is 6. The van der Waals surface area contributed by atoms with Gasteiger partial charge in [0.1, 0.15) is 11.5 Å². The zero-order valence-electron chi connectivity index (χ0n) is 17.3. The van der Waals surface area contributed by atoms with Crippen molar-refractivity contribution in [1.82, 2.24) is 30.1 Å². The number of pyridine rings is 1. The fraction of sp³-hybridized carbons (Fsp3) is 0.182. The lowest BCUT2D eigenvalue weighted by molar-refractivity contribution is 0.321. The fourth-order valence-corrected chi connectivity index (χ4v) is 3.24. The van der Waals surface area contributed by atoms with Gasteiger partial charge in [-0.05, 0) is 60.8 Å². The molecule has 0 spiro atoms. The molecule has 158 valence electrons. The number of rotatable bonds is 5. The summed E-state index contributed by atoms with van der Waals surface area (Å²) in [4.78, 5) is 6.39. The monoisotopic (exact) mass is 421 g/mol. The van der Waals surface area contributed by atoms with E-state index in [0.717, 1.165) is 21.9 Å². The van der Waals surface area contributed by atoms with Gasteiger partial charge in [0, 0.05) is 17.8 Å². The van der Waals surface area contributed by atoms with Crippen LogP contribution in [0.3, 0.4) is 0 Å². The summed E-state index contributed by atoms with van der Waals surface area (Å²) in [6, 6.07) is 14.0. The van der Waals surface area contributed by atoms with Crippen LogP contribution in [0.5, 0.6) is 0 Å². The van der Waals surface area contributed by atoms with E-state index in [1.165, 1.54) is 17.7 Å². The number of nitrogens with zero attached hydrogens (tertiary/aromatic N) is 6. The van der Waals surface area contributed by atoms with Crippen molar-refractivity contribution in [3.63, 3.8) is 0 Å². The zero-order valence-corrected chi connectivity index (χ0v) is 17.3. The Hall–Kier alpha value is -3.72. The van der Waals surface area contributed by atoms with Crippen LogP contribution in [0.25, 0.3) is 28.2 Å². The first kappa shape index (κ1) is 20.5. The molecule has 0 aliphatic carbocycles. The third-order valence-corrected chi connectivity index (χ3v) is 5.29. The fourth-order valence-electron chi connectivity index (χ4n) is 3.24. The van der Waals surface area contributed by atoms with Gasteiger partial charge in [-0.25, -0.2) is 13.8 Å². The van der Waals surface area contributed by atoms with Crippen molar-refractivity contribution in [2.45, 2.75) is 13.0 Å². The molecule has 2 N–H and O–H groups in total. The second-order valence-corrected chi connectivity index (χ2v) is 7.41. The van der Waals surface area contributed by atoms with Gasteiger partial charge >= 0.3 is 0 Å². The van der Waals surface area contributed by atoms with Crippen molar-refractivity contribution in [1.29, 1.82) is 0 Å². The average molecular weight is 421 g/mol. The maximum atomic E-state index is 14.3. The van der Waals surface area contributed by atoms with Gasteiger partial charge in [0.15, 0.2) is 17.5 Å². The molecule has 0 amide bonds. The van der Waals surface area contributed by atoms with Crippen LogP contribution in [-0.4, -0.2) is 44.2 Å². The Labute approximate surface area is 178 Å². The van der Waals surface area contributed by atoms with Crippen LogP contribution in [0.1, 0.15) is 18.5 Å². The molecule has 0 bridgehead atoms. The van der Waals surface area contributed by atoms with Gasteiger partial charge in [0.2, 0.25) is 0 Å². The predicted molar refractivity (Wildman–Crippen MR) is 114 cm³/mol. The molecule has 0 aliphatic heterocycles. The van der Waals surface area contributed by atoms with Crippen LogP contribution in [0.4, 0.5) is 14.6 Å². The lowest BCUT2D eigenvalue weighted by Crippen LogP contribution is -2.16. The van der Waals surface area contributed by atoms with Gasteiger partial charge < -0.3 is 10.6 Å². The van der Waals surface area contributed by atoms with Crippen LogP contribution in [0, 0.1) is 11.6 Å². The molecule has 7 nitrogen and oxygen atoms in total. The van der Waals surface area contributed by atoms with Crippen LogP contribution in [-0.2, 0) is 0 Å². The molecule has 2 aromatic heterocycles. The number of nitrogen functional groups attached to an aromatic ring is 1. The highest BCUT2D eigenvalue weighted by Gasteiger charge is 2.19. The van der Waals surface area contributed by atoms with Gasteiger partial charge in [-0.15, -0.1) is 5.10 Å². The normalized spacial score (nSPS) is 12.3. The molecule has 1 unspecified atom stereocenters. The number of anilines is 1. The summed E-state index contributed by atoms with van der Waals surface area (Å²) in [5.41, 5.74) is 9.28. The number of nitrogens with two attached hydrogens (primary N) is 1. The minimum atomic E-state index is -1.05. The first-order valence-electron chi connectivity index (χ1n) is 9.62. The van der Waals surface area contributed by atoms with Gasteiger partial charge in [-0.3, -0.25) is 0 Å². The lowest BCUT2D eigenvalue weighted by Gasteiger charge is -2.20. The van der Waals surface area contributed by atoms with Crippen molar-refractivity contribution >= 4 is 5.82 Å². The van der Waals surface area contributed by atoms with Crippen molar-refractivity contribution in [3.8, 4) is 28.2 Å². The van der Waals surface area contributed by atoms with Crippen LogP contribution in [0.15, 0.2) is 54.7 Å². The molecular formula is C22H21F2N7. The summed E-state index contributed by atoms with van der Waals surface area (Å²) in [5.74, 6) is -1.71. The van der Waals surface area contributed by atoms with Crippen LogP contribution >= 0.6 is 0 Å². The van der Waals surface area contributed by atoms with Crippen LogP contribution in [0.2, 0.25) is 0 Å². The zero-order chi connectivity index (χ0) is 22.1. The largest absolute Gasteiger partial charge is 0.383 e. The van der Waals surface area contributed by atoms with E-state index in [1.807, 2.05) is 26.2 Å². The average Bonchev–Trinajstić information content (AvgIpc) is 3.25. The topological polar surface area (TPSA) is 85.7 Å².